The lowest BCUT2D eigenvalue weighted by Crippen LogP contribution is -2.27. The molecular weight excluding hydrogens is 290 g/mol. The van der Waals surface area contributed by atoms with Gasteiger partial charge in [-0.2, -0.15) is 5.10 Å². The van der Waals surface area contributed by atoms with Crippen LogP contribution in [0.15, 0.2) is 41.3 Å². The standard InChI is InChI=1S/C15H14ClN3O2/c1-2-8-19-15(21)14(12(16)9-18-19)17-10-13(20)11-6-4-3-5-7-11/h1,3-7,9,13,17,20H,8,10H2. The molecule has 0 amide bonds. The van der Waals surface area contributed by atoms with Crippen LogP contribution in [0.3, 0.4) is 0 Å². The smallest absolute Gasteiger partial charge is 0.292 e. The lowest BCUT2D eigenvalue weighted by atomic mass is 10.1. The third kappa shape index (κ3) is 3.63. The van der Waals surface area contributed by atoms with Gasteiger partial charge >= 0.3 is 0 Å². The maximum absolute atomic E-state index is 12.1. The zero-order valence-electron chi connectivity index (χ0n) is 11.2. The molecule has 0 saturated carbocycles. The van der Waals surface area contributed by atoms with Crippen LogP contribution in [0.2, 0.25) is 5.02 Å². The average Bonchev–Trinajstić information content (AvgIpc) is 2.51. The van der Waals surface area contributed by atoms with Crippen LogP contribution in [0, 0.1) is 12.3 Å². The Morgan fingerprint density at radius 3 is 2.81 bits per heavy atom. The molecule has 2 aromatic rings. The quantitative estimate of drug-likeness (QED) is 0.825. The van der Waals surface area contributed by atoms with Gasteiger partial charge in [-0.15, -0.1) is 6.42 Å². The van der Waals surface area contributed by atoms with Crippen LogP contribution in [0.25, 0.3) is 0 Å². The van der Waals surface area contributed by atoms with Gasteiger partial charge in [0.15, 0.2) is 0 Å². The number of nitrogens with one attached hydrogen (secondary N) is 1. The van der Waals surface area contributed by atoms with Crippen LogP contribution in [-0.2, 0) is 6.54 Å². The second-order valence-corrected chi connectivity index (χ2v) is 4.75. The highest BCUT2D eigenvalue weighted by molar-refractivity contribution is 6.32. The number of benzene rings is 1. The van der Waals surface area contributed by atoms with E-state index in [1.54, 1.807) is 12.1 Å². The summed E-state index contributed by atoms with van der Waals surface area (Å²) in [5.74, 6) is 2.34. The molecule has 6 heteroatoms. The Hall–Kier alpha value is -2.29. The number of aromatic nitrogens is 2. The summed E-state index contributed by atoms with van der Waals surface area (Å²) in [6, 6.07) is 9.13. The van der Waals surface area contributed by atoms with E-state index in [9.17, 15) is 9.90 Å². The Morgan fingerprint density at radius 1 is 1.43 bits per heavy atom. The minimum absolute atomic E-state index is 0.0614. The first kappa shape index (κ1) is 15.1. The van der Waals surface area contributed by atoms with Crippen molar-refractivity contribution in [3.63, 3.8) is 0 Å². The zero-order chi connectivity index (χ0) is 15.2. The number of aliphatic hydroxyl groups excluding tert-OH is 1. The van der Waals surface area contributed by atoms with Gasteiger partial charge in [-0.3, -0.25) is 4.79 Å². The number of rotatable bonds is 5. The van der Waals surface area contributed by atoms with Crippen LogP contribution < -0.4 is 10.9 Å². The van der Waals surface area contributed by atoms with Gasteiger partial charge in [0.25, 0.3) is 5.56 Å². The predicted molar refractivity (Wildman–Crippen MR) is 82.2 cm³/mol. The Morgan fingerprint density at radius 2 is 2.14 bits per heavy atom. The van der Waals surface area contributed by atoms with Crippen LogP contribution in [0.1, 0.15) is 11.7 Å². The maximum Gasteiger partial charge on any atom is 0.292 e. The first-order valence-corrected chi connectivity index (χ1v) is 6.67. The summed E-state index contributed by atoms with van der Waals surface area (Å²) >= 11 is 5.96. The third-order valence-electron chi connectivity index (χ3n) is 2.90. The molecule has 21 heavy (non-hydrogen) atoms. The Balaban J connectivity index is 2.15. The molecule has 2 rings (SSSR count). The molecule has 108 valence electrons. The minimum Gasteiger partial charge on any atom is -0.387 e. The van der Waals surface area contributed by atoms with Crippen molar-refractivity contribution in [1.29, 1.82) is 0 Å². The van der Waals surface area contributed by atoms with Gasteiger partial charge in [0, 0.05) is 6.54 Å². The van der Waals surface area contributed by atoms with Crippen molar-refractivity contribution in [3.05, 3.63) is 57.5 Å². The van der Waals surface area contributed by atoms with Gasteiger partial charge in [0.1, 0.15) is 12.2 Å². The molecule has 0 aliphatic carbocycles. The van der Waals surface area contributed by atoms with Crippen LogP contribution in [-0.4, -0.2) is 21.4 Å². The molecule has 0 radical (unpaired) electrons. The highest BCUT2D eigenvalue weighted by atomic mass is 35.5. The van der Waals surface area contributed by atoms with E-state index < -0.39 is 11.7 Å². The highest BCUT2D eigenvalue weighted by Gasteiger charge is 2.12. The Kier molecular flexibility index (Phi) is 4.99. The second kappa shape index (κ2) is 6.93. The summed E-state index contributed by atoms with van der Waals surface area (Å²) in [7, 11) is 0. The summed E-state index contributed by atoms with van der Waals surface area (Å²) in [6.07, 6.45) is 5.76. The molecule has 0 aliphatic rings. The first-order valence-electron chi connectivity index (χ1n) is 6.29. The van der Waals surface area contributed by atoms with Crippen molar-refractivity contribution < 1.29 is 5.11 Å². The normalized spacial score (nSPS) is 11.7. The lowest BCUT2D eigenvalue weighted by Gasteiger charge is -2.14. The fourth-order valence-electron chi connectivity index (χ4n) is 1.82. The first-order chi connectivity index (χ1) is 10.1. The van der Waals surface area contributed by atoms with E-state index in [2.05, 4.69) is 16.3 Å². The molecule has 0 spiro atoms. The summed E-state index contributed by atoms with van der Waals surface area (Å²) < 4.78 is 1.13. The second-order valence-electron chi connectivity index (χ2n) is 4.34. The van der Waals surface area contributed by atoms with Crippen molar-refractivity contribution in [2.75, 3.05) is 11.9 Å². The number of halogens is 1. The van der Waals surface area contributed by atoms with Gasteiger partial charge in [-0.1, -0.05) is 47.9 Å². The molecule has 2 N–H and O–H groups in total. The molecule has 0 bridgehead atoms. The number of nitrogens with zero attached hydrogens (tertiary/aromatic N) is 2. The molecule has 0 saturated heterocycles. The molecule has 1 aromatic carbocycles. The monoisotopic (exact) mass is 303 g/mol. The van der Waals surface area contributed by atoms with Crippen LogP contribution in [0.5, 0.6) is 0 Å². The number of hydrogen-bond donors (Lipinski definition) is 2. The van der Waals surface area contributed by atoms with E-state index in [1.165, 1.54) is 6.20 Å². The van der Waals surface area contributed by atoms with Gasteiger partial charge in [-0.05, 0) is 5.56 Å². The average molecular weight is 304 g/mol. The van der Waals surface area contributed by atoms with Crippen molar-refractivity contribution >= 4 is 17.3 Å². The molecule has 0 aliphatic heterocycles. The number of aliphatic hydroxyl groups is 1. The SMILES string of the molecule is C#CCn1ncc(Cl)c(NCC(O)c2ccccc2)c1=O. The van der Waals surface area contributed by atoms with Gasteiger partial charge in [0.2, 0.25) is 0 Å². The number of anilines is 1. The fraction of sp³-hybridized carbons (Fsp3) is 0.200. The van der Waals surface area contributed by atoms with Gasteiger partial charge < -0.3 is 10.4 Å². The van der Waals surface area contributed by atoms with E-state index in [0.29, 0.717) is 0 Å². The molecular formula is C15H14ClN3O2. The fourth-order valence-corrected chi connectivity index (χ4v) is 2.01. The Bertz CT molecular complexity index is 707. The number of terminal acetylenes is 1. The van der Waals surface area contributed by atoms with Crippen LogP contribution >= 0.6 is 11.6 Å². The molecule has 5 nitrogen and oxygen atoms in total. The highest BCUT2D eigenvalue weighted by Crippen LogP contribution is 2.17. The maximum atomic E-state index is 12.1. The van der Waals surface area contributed by atoms with E-state index in [0.717, 1.165) is 10.2 Å². The summed E-state index contributed by atoms with van der Waals surface area (Å²) in [5.41, 5.74) is 0.511. The summed E-state index contributed by atoms with van der Waals surface area (Å²) in [5, 5.41) is 17.0. The van der Waals surface area contributed by atoms with E-state index in [1.807, 2.05) is 18.2 Å². The number of hydrogen-bond acceptors (Lipinski definition) is 4. The summed E-state index contributed by atoms with van der Waals surface area (Å²) in [4.78, 5) is 12.1. The third-order valence-corrected chi connectivity index (χ3v) is 3.18. The van der Waals surface area contributed by atoms with E-state index in [4.69, 9.17) is 18.0 Å². The van der Waals surface area contributed by atoms with Crippen molar-refractivity contribution in [3.8, 4) is 12.3 Å². The lowest BCUT2D eigenvalue weighted by molar-refractivity contribution is 0.191. The Labute approximate surface area is 127 Å². The largest absolute Gasteiger partial charge is 0.387 e. The zero-order valence-corrected chi connectivity index (χ0v) is 11.9. The molecule has 1 aromatic heterocycles. The van der Waals surface area contributed by atoms with E-state index in [-0.39, 0.29) is 23.8 Å². The van der Waals surface area contributed by atoms with Gasteiger partial charge in [0.05, 0.1) is 17.3 Å². The van der Waals surface area contributed by atoms with Crippen LogP contribution in [0.4, 0.5) is 5.69 Å². The van der Waals surface area contributed by atoms with Crippen molar-refractivity contribution in [2.24, 2.45) is 0 Å². The molecule has 1 unspecified atom stereocenters. The topological polar surface area (TPSA) is 67.2 Å². The molecule has 0 fully saturated rings. The summed E-state index contributed by atoms with van der Waals surface area (Å²) in [6.45, 7) is 0.213. The molecule has 1 heterocycles. The van der Waals surface area contributed by atoms with Crippen molar-refractivity contribution in [2.45, 2.75) is 12.6 Å². The van der Waals surface area contributed by atoms with Gasteiger partial charge in [-0.25, -0.2) is 4.68 Å². The predicted octanol–water partition coefficient (Wildman–Crippen LogP) is 1.68. The molecule has 1 atom stereocenters. The van der Waals surface area contributed by atoms with Crippen molar-refractivity contribution in [1.82, 2.24) is 9.78 Å². The minimum atomic E-state index is -0.754. The van der Waals surface area contributed by atoms with E-state index >= 15 is 0 Å².